The standard InChI is InChI=1S/C9H9N3O2S3/c1-17(13,14)7-4-2-3-6(8(7)10)15-9-11-5-12-16-9/h2-5H,10H2,1H3. The van der Waals surface area contributed by atoms with Crippen LogP contribution in [-0.2, 0) is 9.84 Å². The Hall–Kier alpha value is -1.12. The fourth-order valence-electron chi connectivity index (χ4n) is 1.24. The van der Waals surface area contributed by atoms with Gasteiger partial charge in [0.15, 0.2) is 14.2 Å². The van der Waals surface area contributed by atoms with Crippen molar-refractivity contribution >= 4 is 38.8 Å². The molecule has 0 saturated heterocycles. The SMILES string of the molecule is CS(=O)(=O)c1cccc(Sc2ncns2)c1N. The van der Waals surface area contributed by atoms with Crippen LogP contribution in [0.2, 0.25) is 0 Å². The van der Waals surface area contributed by atoms with Crippen molar-refractivity contribution in [3.8, 4) is 0 Å². The van der Waals surface area contributed by atoms with Crippen molar-refractivity contribution in [2.24, 2.45) is 0 Å². The summed E-state index contributed by atoms with van der Waals surface area (Å²) in [5.74, 6) is 0. The van der Waals surface area contributed by atoms with Gasteiger partial charge in [0, 0.05) is 11.2 Å². The summed E-state index contributed by atoms with van der Waals surface area (Å²) in [6.45, 7) is 0. The Morgan fingerprint density at radius 1 is 1.41 bits per heavy atom. The first-order valence-corrected chi connectivity index (χ1v) is 7.99. The molecule has 0 fully saturated rings. The van der Waals surface area contributed by atoms with Crippen LogP contribution in [-0.4, -0.2) is 24.0 Å². The van der Waals surface area contributed by atoms with Crippen LogP contribution in [0.15, 0.2) is 38.7 Å². The highest BCUT2D eigenvalue weighted by atomic mass is 32.2. The lowest BCUT2D eigenvalue weighted by molar-refractivity contribution is 0.602. The van der Waals surface area contributed by atoms with Crippen molar-refractivity contribution < 1.29 is 8.42 Å². The van der Waals surface area contributed by atoms with E-state index in [0.717, 1.165) is 10.6 Å². The highest BCUT2D eigenvalue weighted by Gasteiger charge is 2.15. The number of nitrogens with two attached hydrogens (primary N) is 1. The monoisotopic (exact) mass is 287 g/mol. The summed E-state index contributed by atoms with van der Waals surface area (Å²) in [7, 11) is -3.31. The number of nitrogen functional groups attached to an aromatic ring is 1. The van der Waals surface area contributed by atoms with Gasteiger partial charge < -0.3 is 5.73 Å². The average molecular weight is 287 g/mol. The molecule has 5 nitrogen and oxygen atoms in total. The molecule has 0 radical (unpaired) electrons. The second-order valence-corrected chi connectivity index (χ2v) is 7.30. The molecule has 17 heavy (non-hydrogen) atoms. The zero-order chi connectivity index (χ0) is 12.5. The fourth-order valence-corrected chi connectivity index (χ4v) is 3.62. The lowest BCUT2D eigenvalue weighted by Gasteiger charge is -2.07. The highest BCUT2D eigenvalue weighted by molar-refractivity contribution is 8.01. The van der Waals surface area contributed by atoms with E-state index in [1.54, 1.807) is 12.1 Å². The fraction of sp³-hybridized carbons (Fsp3) is 0.111. The predicted molar refractivity (Wildman–Crippen MR) is 68.0 cm³/mol. The van der Waals surface area contributed by atoms with Crippen LogP contribution in [0.25, 0.3) is 0 Å². The number of benzene rings is 1. The topological polar surface area (TPSA) is 85.9 Å². The van der Waals surface area contributed by atoms with Gasteiger partial charge in [0.1, 0.15) is 6.33 Å². The summed E-state index contributed by atoms with van der Waals surface area (Å²) < 4.78 is 27.6. The number of aromatic nitrogens is 2. The van der Waals surface area contributed by atoms with E-state index in [4.69, 9.17) is 5.73 Å². The van der Waals surface area contributed by atoms with E-state index in [-0.39, 0.29) is 10.6 Å². The molecule has 0 bridgehead atoms. The molecule has 0 aliphatic rings. The second kappa shape index (κ2) is 4.63. The summed E-state index contributed by atoms with van der Waals surface area (Å²) in [6, 6.07) is 4.92. The summed E-state index contributed by atoms with van der Waals surface area (Å²) in [6.07, 6.45) is 2.59. The molecule has 2 rings (SSSR count). The normalized spacial score (nSPS) is 11.6. The minimum absolute atomic E-state index is 0.145. The Morgan fingerprint density at radius 3 is 2.76 bits per heavy atom. The molecule has 0 amide bonds. The number of sulfone groups is 1. The third-order valence-corrected chi connectivity index (χ3v) is 4.91. The molecule has 1 aromatic carbocycles. The van der Waals surface area contributed by atoms with Crippen LogP contribution < -0.4 is 5.73 Å². The Labute approximate surface area is 107 Å². The smallest absolute Gasteiger partial charge is 0.177 e. The van der Waals surface area contributed by atoms with Gasteiger partial charge in [-0.1, -0.05) is 17.8 Å². The number of anilines is 1. The number of para-hydroxylation sites is 1. The number of hydrogen-bond donors (Lipinski definition) is 1. The number of rotatable bonds is 3. The second-order valence-electron chi connectivity index (χ2n) is 3.25. The van der Waals surface area contributed by atoms with Crippen molar-refractivity contribution in [3.63, 3.8) is 0 Å². The van der Waals surface area contributed by atoms with Gasteiger partial charge in [0.2, 0.25) is 0 Å². The number of hydrogen-bond acceptors (Lipinski definition) is 7. The van der Waals surface area contributed by atoms with E-state index in [1.807, 2.05) is 0 Å². The third-order valence-electron chi connectivity index (χ3n) is 1.96. The number of nitrogens with zero attached hydrogens (tertiary/aromatic N) is 2. The van der Waals surface area contributed by atoms with Gasteiger partial charge in [-0.3, -0.25) is 0 Å². The molecule has 0 aliphatic carbocycles. The summed E-state index contributed by atoms with van der Waals surface area (Å²) in [5.41, 5.74) is 6.10. The lowest BCUT2D eigenvalue weighted by Crippen LogP contribution is -2.03. The predicted octanol–water partition coefficient (Wildman–Crippen LogP) is 1.68. The van der Waals surface area contributed by atoms with Crippen molar-refractivity contribution in [3.05, 3.63) is 24.5 Å². The first-order valence-electron chi connectivity index (χ1n) is 4.51. The van der Waals surface area contributed by atoms with Crippen LogP contribution in [0, 0.1) is 0 Å². The van der Waals surface area contributed by atoms with Crippen molar-refractivity contribution in [1.82, 2.24) is 9.36 Å². The largest absolute Gasteiger partial charge is 0.397 e. The Morgan fingerprint density at radius 2 is 2.18 bits per heavy atom. The molecule has 90 valence electrons. The first-order chi connectivity index (χ1) is 7.98. The van der Waals surface area contributed by atoms with Gasteiger partial charge in [0.05, 0.1) is 10.6 Å². The molecular weight excluding hydrogens is 278 g/mol. The molecule has 0 spiro atoms. The van der Waals surface area contributed by atoms with Crippen LogP contribution >= 0.6 is 23.3 Å². The van der Waals surface area contributed by atoms with Gasteiger partial charge in [-0.05, 0) is 23.7 Å². The molecule has 0 saturated carbocycles. The highest BCUT2D eigenvalue weighted by Crippen LogP contribution is 2.35. The average Bonchev–Trinajstić information content (AvgIpc) is 2.72. The summed E-state index contributed by atoms with van der Waals surface area (Å²) in [4.78, 5) is 4.83. The molecule has 1 aromatic heterocycles. The molecule has 2 aromatic rings. The minimum atomic E-state index is -3.31. The quantitative estimate of drug-likeness (QED) is 0.864. The van der Waals surface area contributed by atoms with Crippen LogP contribution in [0.1, 0.15) is 0 Å². The van der Waals surface area contributed by atoms with Gasteiger partial charge in [-0.15, -0.1) is 0 Å². The Balaban J connectivity index is 2.43. The summed E-state index contributed by atoms with van der Waals surface area (Å²) >= 11 is 2.54. The lowest BCUT2D eigenvalue weighted by atomic mass is 10.3. The van der Waals surface area contributed by atoms with Crippen molar-refractivity contribution in [1.29, 1.82) is 0 Å². The zero-order valence-corrected chi connectivity index (χ0v) is 11.3. The Bertz CT molecular complexity index is 623. The maximum absolute atomic E-state index is 11.5. The van der Waals surface area contributed by atoms with E-state index < -0.39 is 9.84 Å². The third kappa shape index (κ3) is 2.76. The summed E-state index contributed by atoms with van der Waals surface area (Å²) in [5, 5.41) is 0. The van der Waals surface area contributed by atoms with Crippen LogP contribution in [0.5, 0.6) is 0 Å². The molecule has 0 unspecified atom stereocenters. The molecular formula is C9H9N3O2S3. The van der Waals surface area contributed by atoms with E-state index in [0.29, 0.717) is 4.90 Å². The van der Waals surface area contributed by atoms with E-state index >= 15 is 0 Å². The van der Waals surface area contributed by atoms with Crippen molar-refractivity contribution in [2.45, 2.75) is 14.1 Å². The molecule has 2 N–H and O–H groups in total. The van der Waals surface area contributed by atoms with Gasteiger partial charge in [-0.2, -0.15) is 4.37 Å². The van der Waals surface area contributed by atoms with Gasteiger partial charge >= 0.3 is 0 Å². The molecule has 0 aliphatic heterocycles. The molecule has 0 atom stereocenters. The van der Waals surface area contributed by atoms with Crippen LogP contribution in [0.4, 0.5) is 5.69 Å². The minimum Gasteiger partial charge on any atom is -0.397 e. The van der Waals surface area contributed by atoms with Gasteiger partial charge in [0.25, 0.3) is 0 Å². The first kappa shape index (κ1) is 12.3. The van der Waals surface area contributed by atoms with Crippen LogP contribution in [0.3, 0.4) is 0 Å². The van der Waals surface area contributed by atoms with E-state index in [2.05, 4.69) is 9.36 Å². The van der Waals surface area contributed by atoms with E-state index in [9.17, 15) is 8.42 Å². The maximum atomic E-state index is 11.5. The maximum Gasteiger partial charge on any atom is 0.177 e. The van der Waals surface area contributed by atoms with E-state index in [1.165, 1.54) is 35.7 Å². The Kier molecular flexibility index (Phi) is 3.36. The molecule has 1 heterocycles. The molecule has 8 heteroatoms. The zero-order valence-electron chi connectivity index (χ0n) is 8.82. The van der Waals surface area contributed by atoms with Crippen molar-refractivity contribution in [2.75, 3.05) is 12.0 Å². The van der Waals surface area contributed by atoms with Gasteiger partial charge in [-0.25, -0.2) is 13.4 Å².